The first kappa shape index (κ1) is 15.3. The van der Waals surface area contributed by atoms with Gasteiger partial charge in [0.2, 0.25) is 0 Å². The summed E-state index contributed by atoms with van der Waals surface area (Å²) in [5.74, 6) is 0.696. The number of para-hydroxylation sites is 1. The van der Waals surface area contributed by atoms with Gasteiger partial charge in [0.1, 0.15) is 16.3 Å². The van der Waals surface area contributed by atoms with E-state index < -0.39 is 0 Å². The molecule has 2 atom stereocenters. The fraction of sp³-hybridized carbons (Fsp3) is 0.316. The third-order valence-electron chi connectivity index (χ3n) is 5.28. The van der Waals surface area contributed by atoms with Gasteiger partial charge in [-0.3, -0.25) is 4.79 Å². The Hall–Kier alpha value is -1.98. The van der Waals surface area contributed by atoms with Crippen molar-refractivity contribution >= 4 is 44.7 Å². The fourth-order valence-corrected chi connectivity index (χ4v) is 5.77. The van der Waals surface area contributed by atoms with Gasteiger partial charge in [0.05, 0.1) is 5.56 Å². The SMILES string of the molecule is C[C@@H]1CCc2c(sc3c2C(=O)N[C@@H](c2c(Cl)[nH]c4ccccc24)N3)C1. The van der Waals surface area contributed by atoms with Gasteiger partial charge in [0.15, 0.2) is 0 Å². The van der Waals surface area contributed by atoms with Crippen LogP contribution in [0.15, 0.2) is 24.3 Å². The molecule has 1 aromatic carbocycles. The number of halogens is 1. The topological polar surface area (TPSA) is 56.9 Å². The van der Waals surface area contributed by atoms with Crippen LogP contribution in [0.5, 0.6) is 0 Å². The minimum absolute atomic E-state index is 0.00662. The first-order chi connectivity index (χ1) is 12.1. The number of benzene rings is 1. The Balaban J connectivity index is 1.59. The lowest BCUT2D eigenvalue weighted by Gasteiger charge is -2.27. The van der Waals surface area contributed by atoms with Crippen LogP contribution in [0.25, 0.3) is 10.9 Å². The third kappa shape index (κ3) is 2.29. The lowest BCUT2D eigenvalue weighted by molar-refractivity contribution is 0.0935. The number of carbonyl (C=O) groups excluding carboxylic acids is 1. The molecule has 128 valence electrons. The molecule has 0 spiro atoms. The Morgan fingerprint density at radius 3 is 2.96 bits per heavy atom. The van der Waals surface area contributed by atoms with Crippen molar-refractivity contribution in [2.75, 3.05) is 5.32 Å². The second kappa shape index (κ2) is 5.51. The number of anilines is 1. The molecule has 25 heavy (non-hydrogen) atoms. The van der Waals surface area contributed by atoms with Crippen molar-refractivity contribution in [1.82, 2.24) is 10.3 Å². The maximum Gasteiger partial charge on any atom is 0.256 e. The van der Waals surface area contributed by atoms with Crippen LogP contribution in [0.3, 0.4) is 0 Å². The van der Waals surface area contributed by atoms with E-state index in [1.165, 1.54) is 10.4 Å². The lowest BCUT2D eigenvalue weighted by Crippen LogP contribution is -2.38. The van der Waals surface area contributed by atoms with Crippen molar-refractivity contribution in [3.8, 4) is 0 Å². The molecule has 0 fully saturated rings. The highest BCUT2D eigenvalue weighted by molar-refractivity contribution is 7.16. The summed E-state index contributed by atoms with van der Waals surface area (Å²) in [5.41, 5.74) is 3.96. The normalized spacial score (nSPS) is 22.2. The quantitative estimate of drug-likeness (QED) is 0.572. The average Bonchev–Trinajstić information content (AvgIpc) is 3.10. The molecule has 1 aliphatic heterocycles. The molecule has 0 saturated carbocycles. The van der Waals surface area contributed by atoms with Gasteiger partial charge in [-0.2, -0.15) is 0 Å². The number of amides is 1. The van der Waals surface area contributed by atoms with Crippen LogP contribution in [0, 0.1) is 5.92 Å². The van der Waals surface area contributed by atoms with E-state index in [1.54, 1.807) is 11.3 Å². The van der Waals surface area contributed by atoms with Crippen LogP contribution in [0.2, 0.25) is 5.15 Å². The van der Waals surface area contributed by atoms with Gasteiger partial charge < -0.3 is 15.6 Å². The molecule has 3 N–H and O–H groups in total. The highest BCUT2D eigenvalue weighted by Crippen LogP contribution is 2.44. The number of nitrogens with one attached hydrogen (secondary N) is 3. The molecule has 0 bridgehead atoms. The number of hydrogen-bond acceptors (Lipinski definition) is 3. The molecule has 0 saturated heterocycles. The minimum Gasteiger partial charge on any atom is -0.352 e. The number of aromatic amines is 1. The molecule has 0 unspecified atom stereocenters. The second-order valence-corrected chi connectivity index (χ2v) is 8.49. The van der Waals surface area contributed by atoms with Crippen molar-refractivity contribution in [2.45, 2.75) is 32.4 Å². The van der Waals surface area contributed by atoms with E-state index in [2.05, 4.69) is 22.5 Å². The number of rotatable bonds is 1. The molecule has 3 heterocycles. The zero-order chi connectivity index (χ0) is 17.1. The zero-order valence-electron chi connectivity index (χ0n) is 13.8. The molecule has 2 aliphatic rings. The molecule has 3 aromatic rings. The molecule has 1 aliphatic carbocycles. The highest BCUT2D eigenvalue weighted by atomic mass is 35.5. The number of carbonyl (C=O) groups is 1. The predicted octanol–water partition coefficient (Wildman–Crippen LogP) is 4.86. The van der Waals surface area contributed by atoms with Crippen LogP contribution in [0.1, 0.15) is 45.9 Å². The van der Waals surface area contributed by atoms with Gasteiger partial charge in [-0.1, -0.05) is 36.7 Å². The van der Waals surface area contributed by atoms with Crippen molar-refractivity contribution in [3.05, 3.63) is 51.0 Å². The maximum absolute atomic E-state index is 12.9. The van der Waals surface area contributed by atoms with Crippen LogP contribution >= 0.6 is 22.9 Å². The smallest absolute Gasteiger partial charge is 0.256 e. The van der Waals surface area contributed by atoms with Crippen LogP contribution in [-0.4, -0.2) is 10.9 Å². The summed E-state index contributed by atoms with van der Waals surface area (Å²) < 4.78 is 0. The Morgan fingerprint density at radius 1 is 1.24 bits per heavy atom. The van der Waals surface area contributed by atoms with Gasteiger partial charge in [0.25, 0.3) is 5.91 Å². The lowest BCUT2D eigenvalue weighted by atomic mass is 9.88. The van der Waals surface area contributed by atoms with E-state index >= 15 is 0 Å². The summed E-state index contributed by atoms with van der Waals surface area (Å²) in [6.45, 7) is 2.28. The van der Waals surface area contributed by atoms with E-state index in [-0.39, 0.29) is 12.1 Å². The van der Waals surface area contributed by atoms with Crippen molar-refractivity contribution < 1.29 is 4.79 Å². The number of thiophene rings is 1. The van der Waals surface area contributed by atoms with E-state index in [1.807, 2.05) is 24.3 Å². The summed E-state index contributed by atoms with van der Waals surface area (Å²) in [6.07, 6.45) is 2.90. The van der Waals surface area contributed by atoms with Crippen LogP contribution in [-0.2, 0) is 12.8 Å². The summed E-state index contributed by atoms with van der Waals surface area (Å²) in [5, 5.41) is 9.20. The van der Waals surface area contributed by atoms with Crippen molar-refractivity contribution in [2.24, 2.45) is 5.92 Å². The Bertz CT molecular complexity index is 1010. The zero-order valence-corrected chi connectivity index (χ0v) is 15.4. The van der Waals surface area contributed by atoms with Gasteiger partial charge >= 0.3 is 0 Å². The predicted molar refractivity (Wildman–Crippen MR) is 103 cm³/mol. The van der Waals surface area contributed by atoms with E-state index in [0.717, 1.165) is 46.3 Å². The standard InChI is InChI=1S/C19H18ClN3OS/c1-9-6-7-11-13(8-9)25-19-15(11)18(24)22-17(23-19)14-10-4-2-3-5-12(10)21-16(14)20/h2-5,9,17,21,23H,6-8H2,1H3,(H,22,24)/t9-,17-/m1/s1. The van der Waals surface area contributed by atoms with Crippen LogP contribution in [0.4, 0.5) is 5.00 Å². The number of aromatic nitrogens is 1. The van der Waals surface area contributed by atoms with Gasteiger partial charge in [-0.15, -0.1) is 11.3 Å². The summed E-state index contributed by atoms with van der Waals surface area (Å²) in [6, 6.07) is 7.97. The largest absolute Gasteiger partial charge is 0.352 e. The first-order valence-electron chi connectivity index (χ1n) is 8.60. The van der Waals surface area contributed by atoms with Crippen LogP contribution < -0.4 is 10.6 Å². The molecular weight excluding hydrogens is 354 g/mol. The molecule has 0 radical (unpaired) electrons. The fourth-order valence-electron chi connectivity index (χ4n) is 4.02. The second-order valence-electron chi connectivity index (χ2n) is 7.00. The summed E-state index contributed by atoms with van der Waals surface area (Å²) in [4.78, 5) is 17.4. The highest BCUT2D eigenvalue weighted by Gasteiger charge is 2.34. The number of fused-ring (bicyclic) bond motifs is 4. The van der Waals surface area contributed by atoms with E-state index in [9.17, 15) is 4.79 Å². The molecule has 4 nitrogen and oxygen atoms in total. The number of hydrogen-bond donors (Lipinski definition) is 3. The van der Waals surface area contributed by atoms with Gasteiger partial charge in [-0.05, 0) is 36.8 Å². The van der Waals surface area contributed by atoms with E-state index in [4.69, 9.17) is 11.6 Å². The Labute approximate surface area is 154 Å². The molecule has 6 heteroatoms. The van der Waals surface area contributed by atoms with Crippen molar-refractivity contribution in [3.63, 3.8) is 0 Å². The molecular formula is C19H18ClN3OS. The molecule has 5 rings (SSSR count). The summed E-state index contributed by atoms with van der Waals surface area (Å²) in [7, 11) is 0. The Kier molecular flexibility index (Phi) is 3.37. The third-order valence-corrected chi connectivity index (χ3v) is 6.76. The maximum atomic E-state index is 12.9. The number of H-pyrrole nitrogens is 1. The molecule has 1 amide bonds. The van der Waals surface area contributed by atoms with E-state index in [0.29, 0.717) is 11.1 Å². The first-order valence-corrected chi connectivity index (χ1v) is 9.79. The van der Waals surface area contributed by atoms with Crippen molar-refractivity contribution in [1.29, 1.82) is 0 Å². The van der Waals surface area contributed by atoms with Gasteiger partial charge in [0, 0.05) is 21.3 Å². The Morgan fingerprint density at radius 2 is 2.08 bits per heavy atom. The molecule has 2 aromatic heterocycles. The minimum atomic E-state index is -0.318. The van der Waals surface area contributed by atoms with Gasteiger partial charge in [-0.25, -0.2) is 0 Å². The monoisotopic (exact) mass is 371 g/mol. The summed E-state index contributed by atoms with van der Waals surface area (Å²) >= 11 is 8.18. The average molecular weight is 372 g/mol.